The first-order valence-electron chi connectivity index (χ1n) is 6.38. The third kappa shape index (κ3) is 4.02. The average Bonchev–Trinajstić information content (AvgIpc) is 2.73. The number of hydrogen-bond donors (Lipinski definition) is 1. The zero-order valence-corrected chi connectivity index (χ0v) is 11.6. The number of aliphatic hydroxyl groups is 1. The maximum absolute atomic E-state index is 12.4. The van der Waals surface area contributed by atoms with Crippen LogP contribution < -0.4 is 0 Å². The second-order valence-corrected chi connectivity index (χ2v) is 5.52. The van der Waals surface area contributed by atoms with Crippen LogP contribution >= 0.6 is 11.8 Å². The van der Waals surface area contributed by atoms with Crippen molar-refractivity contribution in [2.24, 2.45) is 0 Å². The monoisotopic (exact) mass is 275 g/mol. The predicted molar refractivity (Wildman–Crippen MR) is 78.3 cm³/mol. The Kier molecular flexibility index (Phi) is 5.31. The summed E-state index contributed by atoms with van der Waals surface area (Å²) in [6.45, 7) is 1.48. The first-order valence-corrected chi connectivity index (χ1v) is 7.53. The van der Waals surface area contributed by atoms with Gasteiger partial charge in [-0.3, -0.25) is 4.79 Å². The molecule has 2 rings (SSSR count). The van der Waals surface area contributed by atoms with Gasteiger partial charge in [-0.2, -0.15) is 11.8 Å². The number of rotatable bonds is 1. The Hall–Kier alpha value is -1.44. The lowest BCUT2D eigenvalue weighted by Crippen LogP contribution is -2.32. The summed E-state index contributed by atoms with van der Waals surface area (Å²) < 4.78 is 0. The minimum atomic E-state index is -0.165. The van der Waals surface area contributed by atoms with Crippen molar-refractivity contribution in [1.82, 2.24) is 4.90 Å². The fourth-order valence-electron chi connectivity index (χ4n) is 2.00. The number of aliphatic hydroxyl groups excluding tert-OH is 1. The van der Waals surface area contributed by atoms with E-state index in [1.807, 2.05) is 34.9 Å². The molecule has 0 spiro atoms. The van der Waals surface area contributed by atoms with Gasteiger partial charge in [-0.05, 0) is 30.4 Å². The summed E-state index contributed by atoms with van der Waals surface area (Å²) in [5.74, 6) is 7.65. The molecule has 0 radical (unpaired) electrons. The molecule has 19 heavy (non-hydrogen) atoms. The van der Waals surface area contributed by atoms with Crippen molar-refractivity contribution in [2.75, 3.05) is 31.2 Å². The molecular weight excluding hydrogens is 258 g/mol. The van der Waals surface area contributed by atoms with E-state index in [2.05, 4.69) is 11.8 Å². The normalized spacial score (nSPS) is 15.3. The quantitative estimate of drug-likeness (QED) is 0.792. The van der Waals surface area contributed by atoms with E-state index in [1.54, 1.807) is 6.07 Å². The second-order valence-electron chi connectivity index (χ2n) is 4.30. The van der Waals surface area contributed by atoms with E-state index >= 15 is 0 Å². The fourth-order valence-corrected chi connectivity index (χ4v) is 2.89. The lowest BCUT2D eigenvalue weighted by Gasteiger charge is -2.20. The van der Waals surface area contributed by atoms with Crippen LogP contribution in [0.4, 0.5) is 0 Å². The molecule has 0 saturated carbocycles. The van der Waals surface area contributed by atoms with E-state index in [0.29, 0.717) is 5.56 Å². The van der Waals surface area contributed by atoms with Gasteiger partial charge in [0.05, 0.1) is 0 Å². The largest absolute Gasteiger partial charge is 0.384 e. The number of amides is 1. The molecule has 0 atom stereocenters. The Morgan fingerprint density at radius 2 is 2.26 bits per heavy atom. The molecule has 1 N–H and O–H groups in total. The molecule has 1 heterocycles. The van der Waals surface area contributed by atoms with Gasteiger partial charge in [-0.15, -0.1) is 0 Å². The molecule has 0 bridgehead atoms. The van der Waals surface area contributed by atoms with Crippen molar-refractivity contribution in [3.8, 4) is 11.8 Å². The van der Waals surface area contributed by atoms with Crippen molar-refractivity contribution in [3.05, 3.63) is 35.4 Å². The highest BCUT2D eigenvalue weighted by Crippen LogP contribution is 2.14. The summed E-state index contributed by atoms with van der Waals surface area (Å²) in [5, 5.41) is 8.69. The molecule has 1 aromatic rings. The summed E-state index contributed by atoms with van der Waals surface area (Å²) >= 11 is 1.90. The molecule has 0 aromatic heterocycles. The number of thioether (sulfide) groups is 1. The highest BCUT2D eigenvalue weighted by atomic mass is 32.2. The van der Waals surface area contributed by atoms with Crippen molar-refractivity contribution in [1.29, 1.82) is 0 Å². The number of nitrogens with zero attached hydrogens (tertiary/aromatic N) is 1. The van der Waals surface area contributed by atoms with Gasteiger partial charge in [0.25, 0.3) is 5.91 Å². The van der Waals surface area contributed by atoms with E-state index in [1.165, 1.54) is 0 Å². The van der Waals surface area contributed by atoms with Crippen molar-refractivity contribution >= 4 is 17.7 Å². The van der Waals surface area contributed by atoms with E-state index in [9.17, 15) is 4.79 Å². The minimum Gasteiger partial charge on any atom is -0.384 e. The van der Waals surface area contributed by atoms with Crippen molar-refractivity contribution < 1.29 is 9.90 Å². The fraction of sp³-hybridized carbons (Fsp3) is 0.400. The van der Waals surface area contributed by atoms with Crippen LogP contribution in [0.5, 0.6) is 0 Å². The first kappa shape index (κ1) is 14.0. The molecule has 1 amide bonds. The molecule has 1 saturated heterocycles. The Bertz CT molecular complexity index is 496. The molecule has 0 aliphatic carbocycles. The molecule has 1 fully saturated rings. The van der Waals surface area contributed by atoms with Crippen LogP contribution in [0.3, 0.4) is 0 Å². The third-order valence-electron chi connectivity index (χ3n) is 2.93. The number of hydrogen-bond acceptors (Lipinski definition) is 3. The van der Waals surface area contributed by atoms with Crippen LogP contribution in [0.25, 0.3) is 0 Å². The highest BCUT2D eigenvalue weighted by Gasteiger charge is 2.17. The van der Waals surface area contributed by atoms with Gasteiger partial charge >= 0.3 is 0 Å². The Balaban J connectivity index is 2.13. The third-order valence-corrected chi connectivity index (χ3v) is 3.98. The molecule has 4 heteroatoms. The number of benzene rings is 1. The average molecular weight is 275 g/mol. The maximum atomic E-state index is 12.4. The van der Waals surface area contributed by atoms with Crippen LogP contribution in [0, 0.1) is 11.8 Å². The summed E-state index contributed by atoms with van der Waals surface area (Å²) in [7, 11) is 0. The topological polar surface area (TPSA) is 40.5 Å². The summed E-state index contributed by atoms with van der Waals surface area (Å²) in [4.78, 5) is 14.3. The van der Waals surface area contributed by atoms with Crippen LogP contribution in [0.2, 0.25) is 0 Å². The molecule has 3 nitrogen and oxygen atoms in total. The molecule has 1 aromatic carbocycles. The highest BCUT2D eigenvalue weighted by molar-refractivity contribution is 7.99. The number of carbonyl (C=O) groups is 1. The van der Waals surface area contributed by atoms with Gasteiger partial charge in [0.15, 0.2) is 0 Å². The van der Waals surface area contributed by atoms with Crippen molar-refractivity contribution in [2.45, 2.75) is 6.42 Å². The SMILES string of the molecule is O=C(c1cccc(C#CCO)c1)N1CCCSCC1. The van der Waals surface area contributed by atoms with E-state index < -0.39 is 0 Å². The van der Waals surface area contributed by atoms with Gasteiger partial charge in [-0.25, -0.2) is 0 Å². The van der Waals surface area contributed by atoms with Gasteiger partial charge in [0.2, 0.25) is 0 Å². The lowest BCUT2D eigenvalue weighted by molar-refractivity contribution is 0.0768. The predicted octanol–water partition coefficient (Wildman–Crippen LogP) is 1.61. The Morgan fingerprint density at radius 3 is 3.11 bits per heavy atom. The molecule has 0 unspecified atom stereocenters. The van der Waals surface area contributed by atoms with Crippen LogP contribution in [-0.4, -0.2) is 47.1 Å². The molecule has 1 aliphatic heterocycles. The van der Waals surface area contributed by atoms with Gasteiger partial charge < -0.3 is 10.0 Å². The standard InChI is InChI=1S/C15H17NO2S/c17-9-2-5-13-4-1-6-14(12-13)15(18)16-7-3-10-19-11-8-16/h1,4,6,12,17H,3,7-11H2. The van der Waals surface area contributed by atoms with Crippen LogP contribution in [0.1, 0.15) is 22.3 Å². The van der Waals surface area contributed by atoms with Gasteiger partial charge in [0, 0.05) is 30.0 Å². The maximum Gasteiger partial charge on any atom is 0.253 e. The zero-order valence-electron chi connectivity index (χ0n) is 10.8. The molecule has 100 valence electrons. The Morgan fingerprint density at radius 1 is 1.37 bits per heavy atom. The van der Waals surface area contributed by atoms with Crippen LogP contribution in [0.15, 0.2) is 24.3 Å². The molecule has 1 aliphatic rings. The summed E-state index contributed by atoms with van der Waals surface area (Å²) in [6.07, 6.45) is 1.06. The van der Waals surface area contributed by atoms with Crippen molar-refractivity contribution in [3.63, 3.8) is 0 Å². The van der Waals surface area contributed by atoms with Crippen LogP contribution in [-0.2, 0) is 0 Å². The van der Waals surface area contributed by atoms with E-state index in [0.717, 1.165) is 36.6 Å². The van der Waals surface area contributed by atoms with Gasteiger partial charge in [-0.1, -0.05) is 17.9 Å². The lowest BCUT2D eigenvalue weighted by atomic mass is 10.1. The minimum absolute atomic E-state index is 0.0788. The number of carbonyl (C=O) groups excluding carboxylic acids is 1. The molecular formula is C15H17NO2S. The van der Waals surface area contributed by atoms with E-state index in [-0.39, 0.29) is 12.5 Å². The second kappa shape index (κ2) is 7.22. The summed E-state index contributed by atoms with van der Waals surface area (Å²) in [6, 6.07) is 7.30. The zero-order chi connectivity index (χ0) is 13.5. The first-order chi connectivity index (χ1) is 9.31. The Labute approximate surface area is 118 Å². The van der Waals surface area contributed by atoms with E-state index in [4.69, 9.17) is 5.11 Å². The smallest absolute Gasteiger partial charge is 0.253 e. The van der Waals surface area contributed by atoms with Gasteiger partial charge in [0.1, 0.15) is 6.61 Å². The summed E-state index contributed by atoms with van der Waals surface area (Å²) in [5.41, 5.74) is 1.45.